The number of halogens is 2. The molecule has 2 aromatic rings. The van der Waals surface area contributed by atoms with Gasteiger partial charge in [-0.15, -0.1) is 0 Å². The second-order valence-corrected chi connectivity index (χ2v) is 10.6. The van der Waals surface area contributed by atoms with Crippen LogP contribution in [0.2, 0.25) is 5.02 Å². The molecular weight excluding hydrogens is 457 g/mol. The molecule has 2 aromatic heterocycles. The molecule has 2 aliphatic rings. The van der Waals surface area contributed by atoms with Crippen molar-refractivity contribution in [1.82, 2.24) is 14.9 Å². The summed E-state index contributed by atoms with van der Waals surface area (Å²) in [6, 6.07) is 4.07. The molecule has 0 aromatic carbocycles. The average Bonchev–Trinajstić information content (AvgIpc) is 3.14. The molecule has 0 saturated carbocycles. The number of amides is 1. The topological polar surface area (TPSA) is 95.5 Å². The van der Waals surface area contributed by atoms with Crippen molar-refractivity contribution >= 4 is 38.9 Å². The first-order valence-electron chi connectivity index (χ1n) is 10.6. The van der Waals surface area contributed by atoms with Crippen molar-refractivity contribution in [2.45, 2.75) is 43.3 Å². The molecule has 0 unspecified atom stereocenters. The van der Waals surface area contributed by atoms with Gasteiger partial charge in [-0.2, -0.15) is 0 Å². The zero-order chi connectivity index (χ0) is 22.9. The Hall–Kier alpha value is -2.46. The van der Waals surface area contributed by atoms with Crippen LogP contribution in [0.5, 0.6) is 0 Å². The fraction of sp³-hybridized carbons (Fsp3) is 0.476. The van der Waals surface area contributed by atoms with Gasteiger partial charge in [0.15, 0.2) is 26.5 Å². The monoisotopic (exact) mass is 481 g/mol. The van der Waals surface area contributed by atoms with Crippen LogP contribution in [0.4, 0.5) is 15.9 Å². The van der Waals surface area contributed by atoms with E-state index in [4.69, 9.17) is 11.6 Å². The van der Waals surface area contributed by atoms with E-state index in [0.717, 1.165) is 12.8 Å². The number of carbonyl (C=O) groups is 1. The van der Waals surface area contributed by atoms with Crippen molar-refractivity contribution in [2.75, 3.05) is 35.6 Å². The molecule has 1 N–H and O–H groups in total. The number of rotatable bonds is 6. The van der Waals surface area contributed by atoms with E-state index in [1.54, 1.807) is 13.0 Å². The molecule has 0 radical (unpaired) electrons. The average molecular weight is 482 g/mol. The molecule has 0 aliphatic carbocycles. The second kappa shape index (κ2) is 9.19. The molecule has 32 heavy (non-hydrogen) atoms. The molecular formula is C21H25ClFN5O3S. The number of likely N-dealkylation sites (tertiary alicyclic amines) is 1. The van der Waals surface area contributed by atoms with Crippen LogP contribution >= 0.6 is 11.6 Å². The Balaban J connectivity index is 1.34. The highest BCUT2D eigenvalue weighted by atomic mass is 35.5. The molecule has 4 rings (SSSR count). The van der Waals surface area contributed by atoms with Crippen molar-refractivity contribution in [3.8, 4) is 0 Å². The van der Waals surface area contributed by atoms with E-state index in [-0.39, 0.29) is 33.8 Å². The SMILES string of the molecule is CCS(=O)(=O)c1ccc(N[C@H]2CCN(C3CCN(c4ncc(Cl)cc4F)CC3)C2=O)cn1. The molecule has 0 spiro atoms. The van der Waals surface area contributed by atoms with Crippen molar-refractivity contribution in [1.29, 1.82) is 0 Å². The van der Waals surface area contributed by atoms with Crippen LogP contribution in [0.25, 0.3) is 0 Å². The van der Waals surface area contributed by atoms with E-state index in [9.17, 15) is 17.6 Å². The third-order valence-electron chi connectivity index (χ3n) is 6.01. The third kappa shape index (κ3) is 4.66. The van der Waals surface area contributed by atoms with Gasteiger partial charge >= 0.3 is 0 Å². The highest BCUT2D eigenvalue weighted by Crippen LogP contribution is 2.28. The van der Waals surface area contributed by atoms with Crippen LogP contribution in [0.1, 0.15) is 26.2 Å². The summed E-state index contributed by atoms with van der Waals surface area (Å²) >= 11 is 5.79. The predicted octanol–water partition coefficient (Wildman–Crippen LogP) is 2.74. The standard InChI is InChI=1S/C21H25ClFN5O3S/c1-2-32(30,31)19-4-3-15(13-24-19)26-18-7-10-28(21(18)29)16-5-8-27(9-6-16)20-17(23)11-14(22)12-25-20/h3-4,11-13,16,18,26H,2,5-10H2,1H3/t18-/m0/s1. The Morgan fingerprint density at radius 2 is 1.91 bits per heavy atom. The molecule has 2 aliphatic heterocycles. The lowest BCUT2D eigenvalue weighted by Gasteiger charge is -2.37. The van der Waals surface area contributed by atoms with Crippen LogP contribution in [0.15, 0.2) is 35.6 Å². The maximum Gasteiger partial charge on any atom is 0.245 e. The van der Waals surface area contributed by atoms with E-state index >= 15 is 0 Å². The van der Waals surface area contributed by atoms with Gasteiger partial charge in [0, 0.05) is 31.9 Å². The Morgan fingerprint density at radius 1 is 1.16 bits per heavy atom. The lowest BCUT2D eigenvalue weighted by Crippen LogP contribution is -2.47. The number of aromatic nitrogens is 2. The van der Waals surface area contributed by atoms with Gasteiger partial charge in [0.1, 0.15) is 6.04 Å². The minimum absolute atomic E-state index is 0.0115. The largest absolute Gasteiger partial charge is 0.372 e. The van der Waals surface area contributed by atoms with Gasteiger partial charge in [-0.1, -0.05) is 18.5 Å². The van der Waals surface area contributed by atoms with Crippen LogP contribution in [-0.4, -0.2) is 66.7 Å². The summed E-state index contributed by atoms with van der Waals surface area (Å²) in [5.41, 5.74) is 0.611. The number of nitrogens with one attached hydrogen (secondary N) is 1. The molecule has 2 fully saturated rings. The Labute approximate surface area is 191 Å². The molecule has 4 heterocycles. The highest BCUT2D eigenvalue weighted by Gasteiger charge is 2.37. The molecule has 8 nitrogen and oxygen atoms in total. The van der Waals surface area contributed by atoms with E-state index in [1.807, 2.05) is 9.80 Å². The molecule has 1 atom stereocenters. The van der Waals surface area contributed by atoms with E-state index in [2.05, 4.69) is 15.3 Å². The second-order valence-electron chi connectivity index (χ2n) is 7.98. The maximum absolute atomic E-state index is 14.2. The number of nitrogens with zero attached hydrogens (tertiary/aromatic N) is 4. The number of pyridine rings is 2. The summed E-state index contributed by atoms with van der Waals surface area (Å²) in [5.74, 6) is -0.142. The number of hydrogen-bond acceptors (Lipinski definition) is 7. The Bertz CT molecular complexity index is 1090. The Kier molecular flexibility index (Phi) is 6.52. The normalized spacial score (nSPS) is 20.1. The molecule has 1 amide bonds. The van der Waals surface area contributed by atoms with Crippen molar-refractivity contribution in [3.05, 3.63) is 41.4 Å². The molecule has 11 heteroatoms. The van der Waals surface area contributed by atoms with Gasteiger partial charge < -0.3 is 15.1 Å². The summed E-state index contributed by atoms with van der Waals surface area (Å²) < 4.78 is 38.0. The number of hydrogen-bond donors (Lipinski definition) is 1. The van der Waals surface area contributed by atoms with E-state index in [0.29, 0.717) is 37.6 Å². The number of sulfone groups is 1. The summed E-state index contributed by atoms with van der Waals surface area (Å²) in [5, 5.41) is 3.47. The number of carbonyl (C=O) groups excluding carboxylic acids is 1. The summed E-state index contributed by atoms with van der Waals surface area (Å²) in [7, 11) is -3.36. The lowest BCUT2D eigenvalue weighted by molar-refractivity contribution is -0.130. The van der Waals surface area contributed by atoms with Crippen LogP contribution < -0.4 is 10.2 Å². The number of piperidine rings is 1. The van der Waals surface area contributed by atoms with Crippen LogP contribution in [-0.2, 0) is 14.6 Å². The van der Waals surface area contributed by atoms with Crippen molar-refractivity contribution in [2.24, 2.45) is 0 Å². The van der Waals surface area contributed by atoms with Gasteiger partial charge in [-0.3, -0.25) is 4.79 Å². The third-order valence-corrected chi connectivity index (χ3v) is 7.85. The fourth-order valence-corrected chi connectivity index (χ4v) is 5.16. The van der Waals surface area contributed by atoms with E-state index < -0.39 is 15.7 Å². The molecule has 2 saturated heterocycles. The lowest BCUT2D eigenvalue weighted by atomic mass is 10.0. The smallest absolute Gasteiger partial charge is 0.245 e. The first-order chi connectivity index (χ1) is 15.3. The highest BCUT2D eigenvalue weighted by molar-refractivity contribution is 7.91. The number of anilines is 2. The zero-order valence-corrected chi connectivity index (χ0v) is 19.2. The summed E-state index contributed by atoms with van der Waals surface area (Å²) in [4.78, 5) is 24.9. The fourth-order valence-electron chi connectivity index (χ4n) is 4.23. The van der Waals surface area contributed by atoms with Crippen molar-refractivity contribution < 1.29 is 17.6 Å². The molecule has 0 bridgehead atoms. The van der Waals surface area contributed by atoms with E-state index in [1.165, 1.54) is 24.5 Å². The minimum atomic E-state index is -3.36. The predicted molar refractivity (Wildman–Crippen MR) is 120 cm³/mol. The van der Waals surface area contributed by atoms with Crippen LogP contribution in [0.3, 0.4) is 0 Å². The van der Waals surface area contributed by atoms with Crippen LogP contribution in [0, 0.1) is 5.82 Å². The zero-order valence-electron chi connectivity index (χ0n) is 17.7. The summed E-state index contributed by atoms with van der Waals surface area (Å²) in [6.07, 6.45) is 5.00. The van der Waals surface area contributed by atoms with Gasteiger partial charge in [0.05, 0.1) is 22.7 Å². The quantitative estimate of drug-likeness (QED) is 0.677. The van der Waals surface area contributed by atoms with Gasteiger partial charge in [-0.25, -0.2) is 22.8 Å². The Morgan fingerprint density at radius 3 is 2.53 bits per heavy atom. The van der Waals surface area contributed by atoms with Gasteiger partial charge in [0.2, 0.25) is 5.91 Å². The first kappa shape index (κ1) is 22.7. The van der Waals surface area contributed by atoms with Crippen molar-refractivity contribution in [3.63, 3.8) is 0 Å². The molecule has 172 valence electrons. The van der Waals surface area contributed by atoms with Gasteiger partial charge in [0.25, 0.3) is 0 Å². The minimum Gasteiger partial charge on any atom is -0.372 e. The van der Waals surface area contributed by atoms with Gasteiger partial charge in [-0.05, 0) is 37.5 Å². The summed E-state index contributed by atoms with van der Waals surface area (Å²) in [6.45, 7) is 3.43. The maximum atomic E-state index is 14.2. The first-order valence-corrected chi connectivity index (χ1v) is 12.6.